The molecule has 0 unspecified atom stereocenters. The number of nitrogens with one attached hydrogen (secondary N) is 2. The van der Waals surface area contributed by atoms with E-state index in [-0.39, 0.29) is 16.1 Å². The molecule has 0 saturated heterocycles. The number of methoxy groups -OCH3 is 1. The molecule has 10 heteroatoms. The lowest BCUT2D eigenvalue weighted by Gasteiger charge is -2.25. The SMILES string of the molecule is COCCNc1cc(Cl)ccc1S(=O)(=O)N[C@H](C(=O)O)[C@H](C)c1c(F)ccc(C)c1C. The van der Waals surface area contributed by atoms with Gasteiger partial charge in [0.05, 0.1) is 12.3 Å². The van der Waals surface area contributed by atoms with E-state index >= 15 is 0 Å². The highest BCUT2D eigenvalue weighted by molar-refractivity contribution is 7.89. The summed E-state index contributed by atoms with van der Waals surface area (Å²) in [6, 6.07) is 5.34. The number of benzene rings is 2. The number of hydrogen-bond donors (Lipinski definition) is 3. The van der Waals surface area contributed by atoms with Crippen LogP contribution in [-0.2, 0) is 19.6 Å². The number of carboxylic acids is 1. The average molecular weight is 473 g/mol. The van der Waals surface area contributed by atoms with E-state index in [2.05, 4.69) is 10.0 Å². The molecule has 0 aliphatic carbocycles. The van der Waals surface area contributed by atoms with Gasteiger partial charge in [0.2, 0.25) is 10.0 Å². The predicted octanol–water partition coefficient (Wildman–Crippen LogP) is 3.69. The van der Waals surface area contributed by atoms with Gasteiger partial charge in [-0.25, -0.2) is 12.8 Å². The summed E-state index contributed by atoms with van der Waals surface area (Å²) in [4.78, 5) is 11.8. The molecule has 0 heterocycles. The van der Waals surface area contributed by atoms with Gasteiger partial charge < -0.3 is 15.2 Å². The van der Waals surface area contributed by atoms with E-state index < -0.39 is 33.8 Å². The largest absolute Gasteiger partial charge is 0.480 e. The van der Waals surface area contributed by atoms with Crippen LogP contribution in [0.15, 0.2) is 35.2 Å². The van der Waals surface area contributed by atoms with Crippen molar-refractivity contribution in [3.05, 3.63) is 57.9 Å². The molecule has 0 radical (unpaired) electrons. The third kappa shape index (κ3) is 5.94. The lowest BCUT2D eigenvalue weighted by atomic mass is 9.88. The normalized spacial score (nSPS) is 13.6. The van der Waals surface area contributed by atoms with Crippen LogP contribution in [-0.4, -0.2) is 45.8 Å². The zero-order valence-corrected chi connectivity index (χ0v) is 19.3. The quantitative estimate of drug-likeness (QED) is 0.455. The van der Waals surface area contributed by atoms with Crippen molar-refractivity contribution in [2.24, 2.45) is 0 Å². The number of carbonyl (C=O) groups is 1. The Balaban J connectivity index is 2.44. The molecule has 31 heavy (non-hydrogen) atoms. The Hall–Kier alpha value is -2.20. The van der Waals surface area contributed by atoms with Gasteiger partial charge in [0, 0.05) is 24.6 Å². The van der Waals surface area contributed by atoms with Gasteiger partial charge in [-0.05, 0) is 54.8 Å². The van der Waals surface area contributed by atoms with Crippen molar-refractivity contribution >= 4 is 33.3 Å². The smallest absolute Gasteiger partial charge is 0.322 e. The maximum Gasteiger partial charge on any atom is 0.322 e. The molecule has 0 aliphatic heterocycles. The molecule has 170 valence electrons. The number of ether oxygens (including phenoxy) is 1. The van der Waals surface area contributed by atoms with Crippen LogP contribution in [0.1, 0.15) is 29.5 Å². The first-order valence-corrected chi connectivity index (χ1v) is 11.4. The van der Waals surface area contributed by atoms with Crippen LogP contribution in [0.5, 0.6) is 0 Å². The first kappa shape index (κ1) is 25.1. The second-order valence-electron chi connectivity index (χ2n) is 7.19. The Morgan fingerprint density at radius 2 is 1.94 bits per heavy atom. The molecular formula is C21H26ClFN2O5S. The molecule has 2 aromatic carbocycles. The van der Waals surface area contributed by atoms with Crippen LogP contribution in [0, 0.1) is 19.7 Å². The van der Waals surface area contributed by atoms with Crippen LogP contribution in [0.3, 0.4) is 0 Å². The molecule has 2 aromatic rings. The Kier molecular flexibility index (Phi) is 8.41. The standard InChI is InChI=1S/C21H26ClFN2O5S/c1-12-5-7-16(23)19(13(12)2)14(3)20(21(26)27)25-31(28,29)18-8-6-15(22)11-17(18)24-9-10-30-4/h5-8,11,14,20,24-25H,9-10H2,1-4H3,(H,26,27)/t14-,20+/m1/s1. The van der Waals surface area contributed by atoms with Gasteiger partial charge in [0.25, 0.3) is 0 Å². The maximum atomic E-state index is 14.5. The van der Waals surface area contributed by atoms with Gasteiger partial charge in [-0.2, -0.15) is 4.72 Å². The summed E-state index contributed by atoms with van der Waals surface area (Å²) in [6.45, 7) is 5.56. The number of aryl methyl sites for hydroxylation is 1. The first-order chi connectivity index (χ1) is 14.5. The summed E-state index contributed by atoms with van der Waals surface area (Å²) in [5.74, 6) is -2.97. The van der Waals surface area contributed by atoms with Gasteiger partial charge in [0.1, 0.15) is 16.8 Å². The van der Waals surface area contributed by atoms with Crippen LogP contribution in [0.2, 0.25) is 5.02 Å². The summed E-state index contributed by atoms with van der Waals surface area (Å²) in [5.41, 5.74) is 1.71. The van der Waals surface area contributed by atoms with E-state index in [4.69, 9.17) is 16.3 Å². The number of halogens is 2. The highest BCUT2D eigenvalue weighted by Gasteiger charge is 2.34. The third-order valence-corrected chi connectivity index (χ3v) is 6.82. The molecule has 7 nitrogen and oxygen atoms in total. The second kappa shape index (κ2) is 10.4. The van der Waals surface area contributed by atoms with E-state index in [0.717, 1.165) is 5.56 Å². The zero-order valence-electron chi connectivity index (χ0n) is 17.7. The fourth-order valence-electron chi connectivity index (χ4n) is 3.29. The van der Waals surface area contributed by atoms with Crippen LogP contribution >= 0.6 is 11.6 Å². The number of anilines is 1. The van der Waals surface area contributed by atoms with Crippen molar-refractivity contribution in [1.29, 1.82) is 0 Å². The predicted molar refractivity (Wildman–Crippen MR) is 118 cm³/mol. The van der Waals surface area contributed by atoms with E-state index in [1.54, 1.807) is 19.9 Å². The summed E-state index contributed by atoms with van der Waals surface area (Å²) < 4.78 is 47.9. The summed E-state index contributed by atoms with van der Waals surface area (Å²) in [7, 11) is -2.79. The van der Waals surface area contributed by atoms with Gasteiger partial charge in [0.15, 0.2) is 0 Å². The fraction of sp³-hybridized carbons (Fsp3) is 0.381. The van der Waals surface area contributed by atoms with E-state index in [1.807, 2.05) is 0 Å². The van der Waals surface area contributed by atoms with Gasteiger partial charge in [-0.15, -0.1) is 0 Å². The summed E-state index contributed by atoms with van der Waals surface area (Å²) >= 11 is 5.99. The third-order valence-electron chi connectivity index (χ3n) is 5.09. The minimum Gasteiger partial charge on any atom is -0.480 e. The topological polar surface area (TPSA) is 105 Å². The van der Waals surface area contributed by atoms with Gasteiger partial charge in [-0.3, -0.25) is 4.79 Å². The van der Waals surface area contributed by atoms with Crippen LogP contribution < -0.4 is 10.0 Å². The summed E-state index contributed by atoms with van der Waals surface area (Å²) in [6.07, 6.45) is 0. The molecule has 0 spiro atoms. The lowest BCUT2D eigenvalue weighted by molar-refractivity contribution is -0.139. The number of hydrogen-bond acceptors (Lipinski definition) is 5. The van der Waals surface area contributed by atoms with E-state index in [0.29, 0.717) is 23.7 Å². The monoisotopic (exact) mass is 472 g/mol. The Labute approximate surface area is 186 Å². The molecule has 0 saturated carbocycles. The minimum atomic E-state index is -4.29. The fourth-order valence-corrected chi connectivity index (χ4v) is 4.90. The summed E-state index contributed by atoms with van der Waals surface area (Å²) in [5, 5.41) is 13.0. The lowest BCUT2D eigenvalue weighted by Crippen LogP contribution is -2.44. The van der Waals surface area contributed by atoms with Crippen molar-refractivity contribution in [3.63, 3.8) is 0 Å². The van der Waals surface area contributed by atoms with E-state index in [9.17, 15) is 22.7 Å². The highest BCUT2D eigenvalue weighted by atomic mass is 35.5. The average Bonchev–Trinajstić information content (AvgIpc) is 2.69. The second-order valence-corrected chi connectivity index (χ2v) is 9.31. The molecule has 0 amide bonds. The first-order valence-electron chi connectivity index (χ1n) is 9.52. The molecular weight excluding hydrogens is 447 g/mol. The van der Waals surface area contributed by atoms with Crippen molar-refractivity contribution in [2.75, 3.05) is 25.6 Å². The Morgan fingerprint density at radius 1 is 1.26 bits per heavy atom. The van der Waals surface area contributed by atoms with Crippen molar-refractivity contribution in [1.82, 2.24) is 4.72 Å². The van der Waals surface area contributed by atoms with Gasteiger partial charge in [-0.1, -0.05) is 24.6 Å². The molecule has 0 bridgehead atoms. The number of carboxylic acid groups (broad SMARTS) is 1. The maximum absolute atomic E-state index is 14.5. The zero-order chi connectivity index (χ0) is 23.3. The molecule has 2 rings (SSSR count). The Morgan fingerprint density at radius 3 is 2.55 bits per heavy atom. The van der Waals surface area contributed by atoms with Crippen LogP contribution in [0.25, 0.3) is 0 Å². The number of rotatable bonds is 10. The molecule has 0 fully saturated rings. The molecule has 2 atom stereocenters. The van der Waals surface area contributed by atoms with Crippen molar-refractivity contribution in [3.8, 4) is 0 Å². The van der Waals surface area contributed by atoms with Crippen molar-refractivity contribution in [2.45, 2.75) is 37.6 Å². The molecule has 0 aromatic heterocycles. The Bertz CT molecular complexity index is 1060. The van der Waals surface area contributed by atoms with Crippen LogP contribution in [0.4, 0.5) is 10.1 Å². The highest BCUT2D eigenvalue weighted by Crippen LogP contribution is 2.30. The number of sulfonamides is 1. The van der Waals surface area contributed by atoms with Crippen molar-refractivity contribution < 1.29 is 27.4 Å². The van der Waals surface area contributed by atoms with E-state index in [1.165, 1.54) is 38.3 Å². The minimum absolute atomic E-state index is 0.157. The molecule has 0 aliphatic rings. The number of aliphatic carboxylic acids is 1. The molecule has 3 N–H and O–H groups in total. The van der Waals surface area contributed by atoms with Gasteiger partial charge >= 0.3 is 5.97 Å².